The number of hydrogen-bond donors (Lipinski definition) is 1. The molecule has 1 aliphatic heterocycles. The predicted octanol–water partition coefficient (Wildman–Crippen LogP) is 3.08. The average molecular weight is 371 g/mol. The van der Waals surface area contributed by atoms with Crippen molar-refractivity contribution in [3.8, 4) is 5.75 Å². The minimum atomic E-state index is -0.873. The lowest BCUT2D eigenvalue weighted by molar-refractivity contribution is -0.145. The molecule has 1 aliphatic rings. The highest BCUT2D eigenvalue weighted by Gasteiger charge is 2.32. The summed E-state index contributed by atoms with van der Waals surface area (Å²) in [6.07, 6.45) is -0.116. The highest BCUT2D eigenvalue weighted by Crippen LogP contribution is 2.33. The molecule has 1 amide bonds. The third kappa shape index (κ3) is 4.31. The van der Waals surface area contributed by atoms with Gasteiger partial charge in [-0.1, -0.05) is 6.07 Å². The lowest BCUT2D eigenvalue weighted by atomic mass is 9.90. The summed E-state index contributed by atoms with van der Waals surface area (Å²) in [5.41, 5.74) is 1.09. The molecule has 0 aliphatic carbocycles. The molecule has 27 heavy (non-hydrogen) atoms. The number of carbonyl (C=O) groups is 3. The molecular formula is C20H18FNO5. The van der Waals surface area contributed by atoms with E-state index in [1.165, 1.54) is 12.1 Å². The third-order valence-electron chi connectivity index (χ3n) is 4.17. The molecular weight excluding hydrogens is 353 g/mol. The molecule has 0 saturated carbocycles. The molecule has 3 rings (SSSR count). The fraction of sp³-hybridized carbons (Fsp3) is 0.250. The van der Waals surface area contributed by atoms with Crippen LogP contribution in [0.25, 0.3) is 0 Å². The number of amides is 1. The molecule has 1 unspecified atom stereocenters. The number of ketones is 1. The summed E-state index contributed by atoms with van der Waals surface area (Å²) in [6.45, 7) is 1.93. The standard InChI is InChI=1S/C20H18FNO5/c1-2-26-14-6-3-12(4-7-14)18(23)11-27-20(25)16-10-19(24)22-17-9-13(21)5-8-15(16)17/h3-9,16H,2,10-11H2,1H3,(H,22,24). The highest BCUT2D eigenvalue weighted by molar-refractivity contribution is 6.01. The summed E-state index contributed by atoms with van der Waals surface area (Å²) in [5, 5.41) is 2.53. The van der Waals surface area contributed by atoms with Gasteiger partial charge < -0.3 is 14.8 Å². The summed E-state index contributed by atoms with van der Waals surface area (Å²) >= 11 is 0. The number of fused-ring (bicyclic) bond motifs is 1. The van der Waals surface area contributed by atoms with Gasteiger partial charge in [-0.15, -0.1) is 0 Å². The van der Waals surface area contributed by atoms with Crippen molar-refractivity contribution in [3.05, 3.63) is 59.4 Å². The smallest absolute Gasteiger partial charge is 0.314 e. The van der Waals surface area contributed by atoms with Crippen LogP contribution in [0.2, 0.25) is 0 Å². The number of ether oxygens (including phenoxy) is 2. The van der Waals surface area contributed by atoms with E-state index in [0.717, 1.165) is 6.07 Å². The molecule has 7 heteroatoms. The first kappa shape index (κ1) is 18.6. The summed E-state index contributed by atoms with van der Waals surface area (Å²) in [4.78, 5) is 36.4. The minimum Gasteiger partial charge on any atom is -0.494 e. The molecule has 1 atom stereocenters. The van der Waals surface area contributed by atoms with Crippen molar-refractivity contribution in [2.75, 3.05) is 18.5 Å². The number of nitrogens with one attached hydrogen (secondary N) is 1. The Hall–Kier alpha value is -3.22. The normalized spacial score (nSPS) is 15.5. The SMILES string of the molecule is CCOc1ccc(C(=O)COC(=O)C2CC(=O)Nc3cc(F)ccc32)cc1. The van der Waals surface area contributed by atoms with E-state index in [2.05, 4.69) is 5.32 Å². The fourth-order valence-electron chi connectivity index (χ4n) is 2.87. The molecule has 0 saturated heterocycles. The highest BCUT2D eigenvalue weighted by atomic mass is 19.1. The van der Waals surface area contributed by atoms with E-state index in [1.54, 1.807) is 24.3 Å². The summed E-state index contributed by atoms with van der Waals surface area (Å²) in [7, 11) is 0. The van der Waals surface area contributed by atoms with E-state index in [0.29, 0.717) is 23.5 Å². The van der Waals surface area contributed by atoms with Gasteiger partial charge in [0.1, 0.15) is 11.6 Å². The second-order valence-corrected chi connectivity index (χ2v) is 6.02. The van der Waals surface area contributed by atoms with Gasteiger partial charge in [-0.3, -0.25) is 14.4 Å². The molecule has 1 heterocycles. The summed E-state index contributed by atoms with van der Waals surface area (Å²) in [6, 6.07) is 10.3. The largest absolute Gasteiger partial charge is 0.494 e. The zero-order chi connectivity index (χ0) is 19.4. The lowest BCUT2D eigenvalue weighted by Gasteiger charge is -2.24. The Morgan fingerprint density at radius 3 is 2.63 bits per heavy atom. The lowest BCUT2D eigenvalue weighted by Crippen LogP contribution is -2.29. The van der Waals surface area contributed by atoms with Gasteiger partial charge in [-0.2, -0.15) is 0 Å². The summed E-state index contributed by atoms with van der Waals surface area (Å²) < 4.78 is 23.8. The van der Waals surface area contributed by atoms with Gasteiger partial charge in [-0.05, 0) is 48.9 Å². The zero-order valence-corrected chi connectivity index (χ0v) is 14.7. The number of esters is 1. The molecule has 140 valence electrons. The first-order chi connectivity index (χ1) is 13.0. The average Bonchev–Trinajstić information content (AvgIpc) is 2.65. The van der Waals surface area contributed by atoms with Gasteiger partial charge in [0.2, 0.25) is 5.91 Å². The van der Waals surface area contributed by atoms with E-state index in [-0.39, 0.29) is 17.9 Å². The Morgan fingerprint density at radius 1 is 1.19 bits per heavy atom. The van der Waals surface area contributed by atoms with Crippen LogP contribution in [0, 0.1) is 5.82 Å². The van der Waals surface area contributed by atoms with E-state index in [9.17, 15) is 18.8 Å². The molecule has 6 nitrogen and oxygen atoms in total. The molecule has 0 fully saturated rings. The maximum atomic E-state index is 13.3. The van der Waals surface area contributed by atoms with Gasteiger partial charge in [0.25, 0.3) is 0 Å². The Kier molecular flexibility index (Phi) is 5.49. The Labute approximate surface area is 155 Å². The van der Waals surface area contributed by atoms with Gasteiger partial charge in [0.05, 0.1) is 12.5 Å². The van der Waals surface area contributed by atoms with Crippen molar-refractivity contribution < 1.29 is 28.2 Å². The van der Waals surface area contributed by atoms with Crippen LogP contribution in [0.5, 0.6) is 5.75 Å². The van der Waals surface area contributed by atoms with Gasteiger partial charge in [0.15, 0.2) is 12.4 Å². The Morgan fingerprint density at radius 2 is 1.93 bits per heavy atom. The van der Waals surface area contributed by atoms with Crippen molar-refractivity contribution in [2.24, 2.45) is 0 Å². The maximum Gasteiger partial charge on any atom is 0.314 e. The fourth-order valence-corrected chi connectivity index (χ4v) is 2.87. The second kappa shape index (κ2) is 7.99. The molecule has 0 bridgehead atoms. The minimum absolute atomic E-state index is 0.116. The van der Waals surface area contributed by atoms with Crippen LogP contribution < -0.4 is 10.1 Å². The molecule has 0 aromatic heterocycles. The van der Waals surface area contributed by atoms with Crippen LogP contribution in [0.1, 0.15) is 35.2 Å². The van der Waals surface area contributed by atoms with Gasteiger partial charge in [-0.25, -0.2) is 4.39 Å². The number of Topliss-reactive ketones (excluding diaryl/α,β-unsaturated/α-hetero) is 1. The first-order valence-corrected chi connectivity index (χ1v) is 8.50. The van der Waals surface area contributed by atoms with Gasteiger partial charge in [0, 0.05) is 17.7 Å². The van der Waals surface area contributed by atoms with Crippen LogP contribution in [0.15, 0.2) is 42.5 Å². The molecule has 2 aromatic rings. The predicted molar refractivity (Wildman–Crippen MR) is 95.3 cm³/mol. The van der Waals surface area contributed by atoms with Crippen molar-refractivity contribution in [1.82, 2.24) is 0 Å². The molecule has 1 N–H and O–H groups in total. The first-order valence-electron chi connectivity index (χ1n) is 8.50. The monoisotopic (exact) mass is 371 g/mol. The number of carbonyl (C=O) groups excluding carboxylic acids is 3. The second-order valence-electron chi connectivity index (χ2n) is 6.02. The quantitative estimate of drug-likeness (QED) is 0.623. The third-order valence-corrected chi connectivity index (χ3v) is 4.17. The van der Waals surface area contributed by atoms with Crippen molar-refractivity contribution in [2.45, 2.75) is 19.3 Å². The van der Waals surface area contributed by atoms with E-state index in [4.69, 9.17) is 9.47 Å². The maximum absolute atomic E-state index is 13.3. The van der Waals surface area contributed by atoms with Crippen molar-refractivity contribution in [1.29, 1.82) is 0 Å². The number of halogens is 1. The van der Waals surface area contributed by atoms with Crippen LogP contribution in [-0.4, -0.2) is 30.9 Å². The molecule has 2 aromatic carbocycles. The van der Waals surface area contributed by atoms with Crippen LogP contribution >= 0.6 is 0 Å². The topological polar surface area (TPSA) is 81.7 Å². The Bertz CT molecular complexity index is 878. The Balaban J connectivity index is 1.65. The number of rotatable bonds is 6. The van der Waals surface area contributed by atoms with E-state index >= 15 is 0 Å². The summed E-state index contributed by atoms with van der Waals surface area (Å²) in [5.74, 6) is -2.23. The van der Waals surface area contributed by atoms with Crippen LogP contribution in [-0.2, 0) is 14.3 Å². The van der Waals surface area contributed by atoms with Crippen molar-refractivity contribution in [3.63, 3.8) is 0 Å². The molecule has 0 spiro atoms. The van der Waals surface area contributed by atoms with E-state index < -0.39 is 30.2 Å². The number of benzene rings is 2. The van der Waals surface area contributed by atoms with Crippen LogP contribution in [0.3, 0.4) is 0 Å². The van der Waals surface area contributed by atoms with Gasteiger partial charge >= 0.3 is 5.97 Å². The molecule has 0 radical (unpaired) electrons. The zero-order valence-electron chi connectivity index (χ0n) is 14.7. The number of anilines is 1. The van der Waals surface area contributed by atoms with E-state index in [1.807, 2.05) is 6.92 Å². The number of hydrogen-bond acceptors (Lipinski definition) is 5. The van der Waals surface area contributed by atoms with Crippen LogP contribution in [0.4, 0.5) is 10.1 Å². The van der Waals surface area contributed by atoms with Crippen molar-refractivity contribution >= 4 is 23.3 Å².